The predicted molar refractivity (Wildman–Crippen MR) is 129 cm³/mol. The van der Waals surface area contributed by atoms with Crippen LogP contribution in [0.3, 0.4) is 0 Å². The number of aromatic nitrogens is 2. The summed E-state index contributed by atoms with van der Waals surface area (Å²) in [7, 11) is 0. The largest absolute Gasteiger partial charge is 0.494 e. The molecule has 0 aliphatic heterocycles. The zero-order chi connectivity index (χ0) is 23.5. The maximum Gasteiger partial charge on any atom is 0.289 e. The maximum absolute atomic E-state index is 13.7. The van der Waals surface area contributed by atoms with Crippen molar-refractivity contribution >= 4 is 23.7 Å². The van der Waals surface area contributed by atoms with Gasteiger partial charge >= 0.3 is 0 Å². The van der Waals surface area contributed by atoms with Gasteiger partial charge in [0.25, 0.3) is 5.91 Å². The first-order valence-corrected chi connectivity index (χ1v) is 11.5. The number of halogens is 2. The number of nitrogens with zero attached hydrogens (tertiary/aromatic N) is 2. The Hall–Kier alpha value is -3.19. The van der Waals surface area contributed by atoms with Gasteiger partial charge in [0.2, 0.25) is 0 Å². The molecule has 6 nitrogen and oxygen atoms in total. The molecule has 0 bridgehead atoms. The van der Waals surface area contributed by atoms with Gasteiger partial charge in [0.05, 0.1) is 23.5 Å². The molecule has 1 amide bonds. The Morgan fingerprint density at radius 3 is 2.67 bits per heavy atom. The van der Waals surface area contributed by atoms with Gasteiger partial charge in [-0.25, -0.2) is 9.82 Å². The number of carbonyl (C=O) groups is 1. The van der Waals surface area contributed by atoms with Crippen molar-refractivity contribution in [3.8, 4) is 17.0 Å². The lowest BCUT2D eigenvalue weighted by atomic mass is 10.1. The third kappa shape index (κ3) is 7.43. The Kier molecular flexibility index (Phi) is 9.44. The summed E-state index contributed by atoms with van der Waals surface area (Å²) in [6.45, 7) is 2.92. The zero-order valence-corrected chi connectivity index (χ0v) is 19.4. The standard InChI is InChI=1S/C25H28ClFN4O2/c1-2-3-4-5-6-7-15-33-19-13-11-18(12-14-19)23-16-24(30-29-23)25(32)31-28-17-20-21(26)9-8-10-22(20)27/h8-14,16-17H,2-7,15H2,1H3,(H,29,30)(H,31,32)/b28-17-. The van der Waals surface area contributed by atoms with E-state index in [1.807, 2.05) is 24.3 Å². The second kappa shape index (κ2) is 12.7. The van der Waals surface area contributed by atoms with Crippen LogP contribution in [0, 0.1) is 5.82 Å². The number of H-pyrrole nitrogens is 1. The molecule has 0 unspecified atom stereocenters. The lowest BCUT2D eigenvalue weighted by Gasteiger charge is -2.06. The molecular formula is C25H28ClFN4O2. The van der Waals surface area contributed by atoms with E-state index in [0.717, 1.165) is 23.9 Å². The molecule has 1 aromatic heterocycles. The van der Waals surface area contributed by atoms with Gasteiger partial charge in [0, 0.05) is 11.1 Å². The summed E-state index contributed by atoms with van der Waals surface area (Å²) in [6, 6.07) is 13.5. The van der Waals surface area contributed by atoms with E-state index in [2.05, 4.69) is 27.6 Å². The summed E-state index contributed by atoms with van der Waals surface area (Å²) < 4.78 is 19.5. The van der Waals surface area contributed by atoms with Crippen molar-refractivity contribution in [3.63, 3.8) is 0 Å². The summed E-state index contributed by atoms with van der Waals surface area (Å²) in [5.74, 6) is -0.220. The molecule has 0 saturated heterocycles. The van der Waals surface area contributed by atoms with Crippen LogP contribution < -0.4 is 10.2 Å². The average Bonchev–Trinajstić information content (AvgIpc) is 3.31. The molecule has 2 N–H and O–H groups in total. The second-order valence-corrected chi connectivity index (χ2v) is 8.05. The van der Waals surface area contributed by atoms with E-state index in [1.54, 1.807) is 12.1 Å². The molecule has 0 radical (unpaired) electrons. The topological polar surface area (TPSA) is 79.4 Å². The van der Waals surface area contributed by atoms with Gasteiger partial charge in [0.1, 0.15) is 17.3 Å². The number of amides is 1. The minimum absolute atomic E-state index is 0.101. The Morgan fingerprint density at radius 1 is 1.15 bits per heavy atom. The van der Waals surface area contributed by atoms with E-state index in [1.165, 1.54) is 44.2 Å². The molecule has 8 heteroatoms. The molecule has 3 rings (SSSR count). The molecule has 0 spiro atoms. The Balaban J connectivity index is 1.49. The van der Waals surface area contributed by atoms with Gasteiger partial charge in [-0.1, -0.05) is 56.7 Å². The molecule has 0 saturated carbocycles. The molecule has 0 atom stereocenters. The number of benzene rings is 2. The van der Waals surface area contributed by atoms with Gasteiger partial charge in [-0.3, -0.25) is 9.89 Å². The maximum atomic E-state index is 13.7. The molecular weight excluding hydrogens is 443 g/mol. The normalized spacial score (nSPS) is 11.1. The number of hydrogen-bond acceptors (Lipinski definition) is 4. The van der Waals surface area contributed by atoms with Gasteiger partial charge < -0.3 is 4.74 Å². The predicted octanol–water partition coefficient (Wildman–Crippen LogP) is 6.37. The van der Waals surface area contributed by atoms with Crippen molar-refractivity contribution < 1.29 is 13.9 Å². The van der Waals surface area contributed by atoms with E-state index in [4.69, 9.17) is 16.3 Å². The Morgan fingerprint density at radius 2 is 1.91 bits per heavy atom. The number of carbonyl (C=O) groups excluding carboxylic acids is 1. The number of aromatic amines is 1. The summed E-state index contributed by atoms with van der Waals surface area (Å²) in [5, 5.41) is 10.8. The van der Waals surface area contributed by atoms with E-state index in [9.17, 15) is 9.18 Å². The number of nitrogens with one attached hydrogen (secondary N) is 2. The molecule has 33 heavy (non-hydrogen) atoms. The SMILES string of the molecule is CCCCCCCCOc1ccc(-c2cc(C(=O)N/N=C\c3c(F)cccc3Cl)[nH]n2)cc1. The van der Waals surface area contributed by atoms with Gasteiger partial charge in [-0.05, 0) is 48.9 Å². The smallest absolute Gasteiger partial charge is 0.289 e. The van der Waals surface area contributed by atoms with E-state index in [-0.39, 0.29) is 16.3 Å². The van der Waals surface area contributed by atoms with Crippen LogP contribution in [0.1, 0.15) is 61.5 Å². The highest BCUT2D eigenvalue weighted by molar-refractivity contribution is 6.33. The Labute approximate surface area is 198 Å². The monoisotopic (exact) mass is 470 g/mol. The van der Waals surface area contributed by atoms with Crippen LogP contribution in [0.2, 0.25) is 5.02 Å². The highest BCUT2D eigenvalue weighted by Gasteiger charge is 2.11. The van der Waals surface area contributed by atoms with E-state index in [0.29, 0.717) is 12.3 Å². The first-order valence-electron chi connectivity index (χ1n) is 11.1. The van der Waals surface area contributed by atoms with Crippen LogP contribution in [0.5, 0.6) is 5.75 Å². The first-order chi connectivity index (χ1) is 16.1. The first kappa shape index (κ1) is 24.5. The quantitative estimate of drug-likeness (QED) is 0.183. The van der Waals surface area contributed by atoms with Gasteiger partial charge in [-0.15, -0.1) is 0 Å². The van der Waals surface area contributed by atoms with Crippen molar-refractivity contribution in [2.45, 2.75) is 45.4 Å². The third-order valence-electron chi connectivity index (χ3n) is 5.10. The zero-order valence-electron chi connectivity index (χ0n) is 18.6. The van der Waals surface area contributed by atoms with Crippen molar-refractivity contribution in [1.82, 2.24) is 15.6 Å². The average molecular weight is 471 g/mol. The van der Waals surface area contributed by atoms with Crippen molar-refractivity contribution in [2.75, 3.05) is 6.61 Å². The molecule has 2 aromatic carbocycles. The fourth-order valence-electron chi connectivity index (χ4n) is 3.23. The minimum Gasteiger partial charge on any atom is -0.494 e. The molecule has 0 fully saturated rings. The van der Waals surface area contributed by atoms with Crippen molar-refractivity contribution in [2.24, 2.45) is 5.10 Å². The molecule has 174 valence electrons. The fraction of sp³-hybridized carbons (Fsp3) is 0.320. The summed E-state index contributed by atoms with van der Waals surface area (Å²) in [4.78, 5) is 12.3. The number of ether oxygens (including phenoxy) is 1. The highest BCUT2D eigenvalue weighted by Crippen LogP contribution is 2.22. The number of hydrogen-bond donors (Lipinski definition) is 2. The summed E-state index contributed by atoms with van der Waals surface area (Å²) in [6.07, 6.45) is 8.51. The van der Waals surface area contributed by atoms with Crippen LogP contribution in [-0.4, -0.2) is 28.9 Å². The van der Waals surface area contributed by atoms with E-state index >= 15 is 0 Å². The van der Waals surface area contributed by atoms with Crippen LogP contribution in [0.15, 0.2) is 53.6 Å². The molecule has 3 aromatic rings. The fourth-order valence-corrected chi connectivity index (χ4v) is 3.44. The molecule has 0 aliphatic carbocycles. The number of rotatable bonds is 12. The molecule has 1 heterocycles. The molecule has 0 aliphatic rings. The van der Waals surface area contributed by atoms with Crippen LogP contribution in [0.4, 0.5) is 4.39 Å². The van der Waals surface area contributed by atoms with Crippen molar-refractivity contribution in [3.05, 3.63) is 70.6 Å². The third-order valence-corrected chi connectivity index (χ3v) is 5.43. The minimum atomic E-state index is -0.524. The highest BCUT2D eigenvalue weighted by atomic mass is 35.5. The van der Waals surface area contributed by atoms with Crippen molar-refractivity contribution in [1.29, 1.82) is 0 Å². The van der Waals surface area contributed by atoms with Crippen LogP contribution in [-0.2, 0) is 0 Å². The van der Waals surface area contributed by atoms with Gasteiger partial charge in [-0.2, -0.15) is 10.2 Å². The summed E-state index contributed by atoms with van der Waals surface area (Å²) in [5.41, 5.74) is 4.12. The van der Waals surface area contributed by atoms with Crippen LogP contribution in [0.25, 0.3) is 11.3 Å². The van der Waals surface area contributed by atoms with E-state index < -0.39 is 11.7 Å². The summed E-state index contributed by atoms with van der Waals surface area (Å²) >= 11 is 5.93. The number of unbranched alkanes of at least 4 members (excludes halogenated alkanes) is 5. The van der Waals surface area contributed by atoms with Crippen LogP contribution >= 0.6 is 11.6 Å². The second-order valence-electron chi connectivity index (χ2n) is 7.64. The Bertz CT molecular complexity index is 1050. The van der Waals surface area contributed by atoms with Gasteiger partial charge in [0.15, 0.2) is 0 Å². The lowest BCUT2D eigenvalue weighted by Crippen LogP contribution is -2.18. The number of hydrazone groups is 1. The lowest BCUT2D eigenvalue weighted by molar-refractivity contribution is 0.0950.